The van der Waals surface area contributed by atoms with Gasteiger partial charge >= 0.3 is 5.97 Å². The Labute approximate surface area is 115 Å². The van der Waals surface area contributed by atoms with Crippen LogP contribution in [0.2, 0.25) is 0 Å². The van der Waals surface area contributed by atoms with E-state index in [2.05, 4.69) is 49.5 Å². The van der Waals surface area contributed by atoms with Crippen LogP contribution in [0.5, 0.6) is 0 Å². The van der Waals surface area contributed by atoms with Crippen LogP contribution in [0.3, 0.4) is 0 Å². The number of isothiocyanates is 2. The number of carbonyl (C=O) groups is 1. The summed E-state index contributed by atoms with van der Waals surface area (Å²) >= 11 is 9.02. The predicted octanol–water partition coefficient (Wildman–Crippen LogP) is 2.68. The maximum atomic E-state index is 11.5. The van der Waals surface area contributed by atoms with Gasteiger partial charge in [0.25, 0.3) is 0 Å². The van der Waals surface area contributed by atoms with E-state index in [1.54, 1.807) is 12.1 Å². The van der Waals surface area contributed by atoms with E-state index < -0.39 is 5.97 Å². The van der Waals surface area contributed by atoms with Gasteiger partial charge in [-0.15, -0.1) is 0 Å². The van der Waals surface area contributed by atoms with E-state index in [0.717, 1.165) is 11.1 Å². The average molecular weight is 278 g/mol. The zero-order valence-electron chi connectivity index (χ0n) is 9.67. The summed E-state index contributed by atoms with van der Waals surface area (Å²) in [5.41, 5.74) is 2.12. The minimum Gasteiger partial charge on any atom is -0.465 e. The standard InChI is InChI=1S/C12H10N2O2S2/c1-16-12(15)11-3-9(5-13-7-17)2-10(4-11)6-14-8-18/h2-4H,5-6H2,1H3. The van der Waals surface area contributed by atoms with Gasteiger partial charge in [-0.1, -0.05) is 6.07 Å². The second-order valence-corrected chi connectivity index (χ2v) is 3.71. The monoisotopic (exact) mass is 278 g/mol. The van der Waals surface area contributed by atoms with E-state index >= 15 is 0 Å². The highest BCUT2D eigenvalue weighted by atomic mass is 32.1. The summed E-state index contributed by atoms with van der Waals surface area (Å²) in [4.78, 5) is 19.2. The Balaban J connectivity index is 3.13. The molecule has 6 heteroatoms. The number of nitrogens with zero attached hydrogens (tertiary/aromatic N) is 2. The number of carbonyl (C=O) groups excluding carboxylic acids is 1. The van der Waals surface area contributed by atoms with Gasteiger partial charge in [0.15, 0.2) is 0 Å². The van der Waals surface area contributed by atoms with Crippen LogP contribution in [0, 0.1) is 0 Å². The third kappa shape index (κ3) is 4.28. The highest BCUT2D eigenvalue weighted by Gasteiger charge is 2.08. The van der Waals surface area contributed by atoms with Gasteiger partial charge in [-0.2, -0.15) is 0 Å². The number of benzene rings is 1. The Kier molecular flexibility index (Phi) is 6.05. The first-order valence-electron chi connectivity index (χ1n) is 4.99. The second kappa shape index (κ2) is 7.58. The SMILES string of the molecule is COC(=O)c1cc(CN=C=S)cc(CN=C=S)c1. The fourth-order valence-electron chi connectivity index (χ4n) is 1.43. The Morgan fingerprint density at radius 1 is 1.17 bits per heavy atom. The molecule has 0 N–H and O–H groups in total. The fraction of sp³-hybridized carbons (Fsp3) is 0.250. The molecule has 0 unspecified atom stereocenters. The molecule has 0 saturated heterocycles. The van der Waals surface area contributed by atoms with E-state index in [-0.39, 0.29) is 0 Å². The molecule has 0 aliphatic rings. The molecule has 0 bridgehead atoms. The molecule has 18 heavy (non-hydrogen) atoms. The summed E-state index contributed by atoms with van der Waals surface area (Å²) in [5.74, 6) is -0.407. The lowest BCUT2D eigenvalue weighted by atomic mass is 10.1. The summed E-state index contributed by atoms with van der Waals surface area (Å²) in [7, 11) is 1.33. The van der Waals surface area contributed by atoms with Crippen molar-refractivity contribution in [2.24, 2.45) is 9.98 Å². The molecular weight excluding hydrogens is 268 g/mol. The van der Waals surface area contributed by atoms with Crippen LogP contribution >= 0.6 is 24.4 Å². The Morgan fingerprint density at radius 3 is 2.06 bits per heavy atom. The number of ether oxygens (including phenoxy) is 1. The lowest BCUT2D eigenvalue weighted by Crippen LogP contribution is -2.03. The number of thiocarbonyl (C=S) groups is 2. The first-order chi connectivity index (χ1) is 8.71. The lowest BCUT2D eigenvalue weighted by molar-refractivity contribution is 0.0600. The van der Waals surface area contributed by atoms with Crippen LogP contribution in [0.1, 0.15) is 21.5 Å². The van der Waals surface area contributed by atoms with Gasteiger partial charge < -0.3 is 4.74 Å². The van der Waals surface area contributed by atoms with E-state index in [9.17, 15) is 4.79 Å². The molecule has 0 atom stereocenters. The Hall–Kier alpha value is -1.71. The molecular formula is C12H10N2O2S2. The molecule has 1 aromatic rings. The molecule has 92 valence electrons. The van der Waals surface area contributed by atoms with Gasteiger partial charge in [0.1, 0.15) is 0 Å². The number of esters is 1. The minimum atomic E-state index is -0.407. The van der Waals surface area contributed by atoms with Gasteiger partial charge in [-0.3, -0.25) is 0 Å². The van der Waals surface area contributed by atoms with E-state index in [1.165, 1.54) is 7.11 Å². The van der Waals surface area contributed by atoms with Crippen LogP contribution in [0.15, 0.2) is 28.2 Å². The fourth-order valence-corrected chi connectivity index (χ4v) is 1.56. The molecule has 0 heterocycles. The second-order valence-electron chi connectivity index (χ2n) is 3.34. The van der Waals surface area contributed by atoms with Crippen LogP contribution in [0.25, 0.3) is 0 Å². The van der Waals surface area contributed by atoms with Crippen LogP contribution < -0.4 is 0 Å². The largest absolute Gasteiger partial charge is 0.465 e. The first kappa shape index (κ1) is 14.4. The number of methoxy groups -OCH3 is 1. The lowest BCUT2D eigenvalue weighted by Gasteiger charge is -2.05. The zero-order chi connectivity index (χ0) is 13.4. The number of hydrogen-bond donors (Lipinski definition) is 0. The van der Waals surface area contributed by atoms with Crippen molar-refractivity contribution in [1.29, 1.82) is 0 Å². The summed E-state index contributed by atoms with van der Waals surface area (Å²) in [6.07, 6.45) is 0. The van der Waals surface area contributed by atoms with Crippen molar-refractivity contribution >= 4 is 40.7 Å². The van der Waals surface area contributed by atoms with E-state index in [1.807, 2.05) is 6.07 Å². The minimum absolute atomic E-state index is 0.364. The molecule has 0 amide bonds. The van der Waals surface area contributed by atoms with Crippen molar-refractivity contribution in [2.75, 3.05) is 7.11 Å². The van der Waals surface area contributed by atoms with Crippen molar-refractivity contribution < 1.29 is 9.53 Å². The number of aliphatic imine (C=N–C) groups is 2. The van der Waals surface area contributed by atoms with Gasteiger partial charge in [0.05, 0.1) is 36.1 Å². The van der Waals surface area contributed by atoms with Crippen LogP contribution in [-0.4, -0.2) is 23.4 Å². The van der Waals surface area contributed by atoms with Crippen LogP contribution in [0.4, 0.5) is 0 Å². The molecule has 4 nitrogen and oxygen atoms in total. The molecule has 0 fully saturated rings. The molecule has 1 rings (SSSR count). The van der Waals surface area contributed by atoms with Crippen molar-refractivity contribution in [1.82, 2.24) is 0 Å². The average Bonchev–Trinajstić information content (AvgIpc) is 2.41. The Bertz CT molecular complexity index is 507. The van der Waals surface area contributed by atoms with Gasteiger partial charge in [0.2, 0.25) is 0 Å². The summed E-state index contributed by atoms with van der Waals surface area (Å²) in [6, 6.07) is 5.28. The molecule has 1 aromatic carbocycles. The third-order valence-corrected chi connectivity index (χ3v) is 2.38. The first-order valence-corrected chi connectivity index (χ1v) is 5.81. The highest BCUT2D eigenvalue weighted by Crippen LogP contribution is 2.13. The highest BCUT2D eigenvalue weighted by molar-refractivity contribution is 7.78. The molecule has 0 aromatic heterocycles. The molecule has 0 aliphatic heterocycles. The van der Waals surface area contributed by atoms with Gasteiger partial charge in [-0.25, -0.2) is 14.8 Å². The molecule has 0 aliphatic carbocycles. The molecule has 0 spiro atoms. The molecule has 0 saturated carbocycles. The third-order valence-electron chi connectivity index (χ3n) is 2.13. The summed E-state index contributed by atoms with van der Waals surface area (Å²) < 4.78 is 4.68. The van der Waals surface area contributed by atoms with Gasteiger partial charge in [0, 0.05) is 0 Å². The smallest absolute Gasteiger partial charge is 0.337 e. The van der Waals surface area contributed by atoms with Crippen LogP contribution in [-0.2, 0) is 17.8 Å². The predicted molar refractivity (Wildman–Crippen MR) is 75.2 cm³/mol. The van der Waals surface area contributed by atoms with Crippen molar-refractivity contribution in [3.63, 3.8) is 0 Å². The number of hydrogen-bond acceptors (Lipinski definition) is 6. The van der Waals surface area contributed by atoms with E-state index in [4.69, 9.17) is 0 Å². The Morgan fingerprint density at radius 2 is 1.67 bits per heavy atom. The zero-order valence-corrected chi connectivity index (χ0v) is 11.3. The van der Waals surface area contributed by atoms with Crippen molar-refractivity contribution in [3.05, 3.63) is 34.9 Å². The van der Waals surface area contributed by atoms with E-state index in [0.29, 0.717) is 18.7 Å². The van der Waals surface area contributed by atoms with Crippen molar-refractivity contribution in [3.8, 4) is 0 Å². The summed E-state index contributed by atoms with van der Waals surface area (Å²) in [5, 5.41) is 4.56. The number of rotatable bonds is 5. The normalized spacial score (nSPS) is 8.94. The summed E-state index contributed by atoms with van der Waals surface area (Å²) in [6.45, 7) is 0.727. The quantitative estimate of drug-likeness (QED) is 0.472. The maximum absolute atomic E-state index is 11.5. The molecule has 0 radical (unpaired) electrons. The topological polar surface area (TPSA) is 51.0 Å². The maximum Gasteiger partial charge on any atom is 0.337 e. The van der Waals surface area contributed by atoms with Gasteiger partial charge in [-0.05, 0) is 47.7 Å². The van der Waals surface area contributed by atoms with Crippen molar-refractivity contribution in [2.45, 2.75) is 13.1 Å².